The largest absolute Gasteiger partial charge is 0.367 e. The number of ether oxygens (including phenoxy) is 1. The Bertz CT molecular complexity index is 732. The summed E-state index contributed by atoms with van der Waals surface area (Å²) in [4.78, 5) is 21.6. The fraction of sp³-hybridized carbons (Fsp3) is 0.500. The summed E-state index contributed by atoms with van der Waals surface area (Å²) in [6, 6.07) is 9.82. The molecule has 0 aliphatic carbocycles. The molecule has 2 saturated heterocycles. The van der Waals surface area contributed by atoms with Crippen molar-refractivity contribution in [3.63, 3.8) is 0 Å². The summed E-state index contributed by atoms with van der Waals surface area (Å²) in [5.74, 6) is 1.63. The van der Waals surface area contributed by atoms with Crippen LogP contribution in [0.2, 0.25) is 0 Å². The minimum atomic E-state index is -0.182. The molecule has 1 aromatic carbocycles. The van der Waals surface area contributed by atoms with Crippen LogP contribution in [0.3, 0.4) is 0 Å². The van der Waals surface area contributed by atoms with Crippen molar-refractivity contribution in [3.05, 3.63) is 42.0 Å². The van der Waals surface area contributed by atoms with E-state index in [2.05, 4.69) is 20.1 Å². The normalized spacial score (nSPS) is 25.3. The molecule has 3 heterocycles. The van der Waals surface area contributed by atoms with E-state index in [-0.39, 0.29) is 18.1 Å². The number of aryl methyl sites for hydroxylation is 1. The van der Waals surface area contributed by atoms with Gasteiger partial charge in [0.1, 0.15) is 11.9 Å². The van der Waals surface area contributed by atoms with Crippen molar-refractivity contribution in [2.45, 2.75) is 31.9 Å². The minimum Gasteiger partial charge on any atom is -0.367 e. The van der Waals surface area contributed by atoms with Crippen LogP contribution >= 0.6 is 0 Å². The number of nitrogens with one attached hydrogen (secondary N) is 1. The molecule has 4 rings (SSSR count). The number of para-hydroxylation sites is 1. The van der Waals surface area contributed by atoms with Gasteiger partial charge in [0.15, 0.2) is 5.82 Å². The Morgan fingerprint density at radius 2 is 2.08 bits per heavy atom. The number of rotatable bonds is 3. The van der Waals surface area contributed by atoms with Crippen LogP contribution in [0, 0.1) is 6.92 Å². The number of morpholine rings is 1. The van der Waals surface area contributed by atoms with Gasteiger partial charge in [-0.1, -0.05) is 18.2 Å². The smallest absolute Gasteiger partial charge is 0.244 e. The third kappa shape index (κ3) is 3.29. The van der Waals surface area contributed by atoms with Crippen LogP contribution in [0.25, 0.3) is 0 Å². The van der Waals surface area contributed by atoms with Gasteiger partial charge in [-0.05, 0) is 31.9 Å². The molecule has 1 aromatic heterocycles. The van der Waals surface area contributed by atoms with Crippen LogP contribution in [0.4, 0.5) is 5.69 Å². The molecule has 0 bridgehead atoms. The van der Waals surface area contributed by atoms with Gasteiger partial charge in [0.2, 0.25) is 5.91 Å². The van der Waals surface area contributed by atoms with Gasteiger partial charge in [0.05, 0.1) is 12.6 Å². The van der Waals surface area contributed by atoms with Crippen molar-refractivity contribution >= 4 is 11.6 Å². The van der Waals surface area contributed by atoms with E-state index < -0.39 is 0 Å². The quantitative estimate of drug-likeness (QED) is 0.919. The molecule has 25 heavy (non-hydrogen) atoms. The molecule has 7 heteroatoms. The Morgan fingerprint density at radius 3 is 2.84 bits per heavy atom. The van der Waals surface area contributed by atoms with E-state index >= 15 is 0 Å². The number of benzene rings is 1. The summed E-state index contributed by atoms with van der Waals surface area (Å²) in [7, 11) is 0. The number of hydrogen-bond acceptors (Lipinski definition) is 5. The highest BCUT2D eigenvalue weighted by atomic mass is 16.5. The molecular formula is C18H23N5O2. The number of aromatic amines is 1. The van der Waals surface area contributed by atoms with Crippen LogP contribution in [0.1, 0.15) is 30.6 Å². The van der Waals surface area contributed by atoms with E-state index in [1.807, 2.05) is 42.2 Å². The Kier molecular flexibility index (Phi) is 4.50. The maximum Gasteiger partial charge on any atom is 0.244 e. The summed E-state index contributed by atoms with van der Waals surface area (Å²) >= 11 is 0. The molecule has 0 saturated carbocycles. The number of nitrogens with zero attached hydrogens (tertiary/aromatic N) is 4. The van der Waals surface area contributed by atoms with Gasteiger partial charge in [-0.25, -0.2) is 4.98 Å². The van der Waals surface area contributed by atoms with Crippen LogP contribution in [-0.4, -0.2) is 58.3 Å². The highest BCUT2D eigenvalue weighted by Crippen LogP contribution is 2.27. The summed E-state index contributed by atoms with van der Waals surface area (Å²) in [5.41, 5.74) is 0.978. The number of carbonyl (C=O) groups excluding carboxylic acids is 1. The molecule has 2 aromatic rings. The lowest BCUT2D eigenvalue weighted by molar-refractivity contribution is -0.129. The van der Waals surface area contributed by atoms with Crippen LogP contribution < -0.4 is 4.90 Å². The predicted molar refractivity (Wildman–Crippen MR) is 93.2 cm³/mol. The van der Waals surface area contributed by atoms with E-state index in [0.29, 0.717) is 19.0 Å². The fourth-order valence-electron chi connectivity index (χ4n) is 3.67. The second-order valence-electron chi connectivity index (χ2n) is 6.62. The number of piperidine rings is 1. The van der Waals surface area contributed by atoms with E-state index in [1.165, 1.54) is 0 Å². The minimum absolute atomic E-state index is 0.0969. The lowest BCUT2D eigenvalue weighted by Gasteiger charge is -2.41. The first-order valence-electron chi connectivity index (χ1n) is 8.83. The Hall–Kier alpha value is -2.25. The Labute approximate surface area is 147 Å². The lowest BCUT2D eigenvalue weighted by atomic mass is 10.0. The molecule has 132 valence electrons. The molecule has 1 N–H and O–H groups in total. The molecule has 2 atom stereocenters. The molecule has 0 radical (unpaired) electrons. The van der Waals surface area contributed by atoms with Gasteiger partial charge in [-0.15, -0.1) is 0 Å². The van der Waals surface area contributed by atoms with Crippen molar-refractivity contribution in [1.82, 2.24) is 20.1 Å². The maximum atomic E-state index is 13.1. The van der Waals surface area contributed by atoms with Gasteiger partial charge >= 0.3 is 0 Å². The zero-order valence-corrected chi connectivity index (χ0v) is 14.4. The second-order valence-corrected chi connectivity index (χ2v) is 6.62. The lowest BCUT2D eigenvalue weighted by Crippen LogP contribution is -2.55. The average molecular weight is 341 g/mol. The first-order valence-corrected chi connectivity index (χ1v) is 8.83. The fourth-order valence-corrected chi connectivity index (χ4v) is 3.67. The standard InChI is InChI=1S/C18H23N5O2/c1-13-19-17(21-20-13)16-12-22(10-11-25-16)15-8-5-9-23(18(15)24)14-6-3-2-4-7-14/h2-4,6-7,15-16H,5,8-12H2,1H3,(H,19,20,21)/t15-,16-/m0/s1. The van der Waals surface area contributed by atoms with Gasteiger partial charge in [-0.2, -0.15) is 5.10 Å². The molecule has 1 amide bonds. The third-order valence-electron chi connectivity index (χ3n) is 4.92. The van der Waals surface area contributed by atoms with Gasteiger partial charge in [0, 0.05) is 25.3 Å². The molecule has 0 spiro atoms. The number of carbonyl (C=O) groups is 1. The summed E-state index contributed by atoms with van der Waals surface area (Å²) in [6.07, 6.45) is 1.72. The molecular weight excluding hydrogens is 318 g/mol. The van der Waals surface area contributed by atoms with E-state index in [1.54, 1.807) is 0 Å². The van der Waals surface area contributed by atoms with Crippen molar-refractivity contribution in [3.8, 4) is 0 Å². The van der Waals surface area contributed by atoms with Crippen molar-refractivity contribution < 1.29 is 9.53 Å². The Morgan fingerprint density at radius 1 is 1.24 bits per heavy atom. The summed E-state index contributed by atoms with van der Waals surface area (Å²) in [5, 5.41) is 7.08. The van der Waals surface area contributed by atoms with E-state index in [0.717, 1.165) is 37.4 Å². The van der Waals surface area contributed by atoms with Crippen LogP contribution in [0.5, 0.6) is 0 Å². The zero-order chi connectivity index (χ0) is 17.2. The molecule has 2 aliphatic rings. The van der Waals surface area contributed by atoms with Crippen molar-refractivity contribution in [2.24, 2.45) is 0 Å². The van der Waals surface area contributed by atoms with Gasteiger partial charge in [0.25, 0.3) is 0 Å². The third-order valence-corrected chi connectivity index (χ3v) is 4.92. The first-order chi connectivity index (χ1) is 12.2. The number of hydrogen-bond donors (Lipinski definition) is 1. The van der Waals surface area contributed by atoms with Crippen molar-refractivity contribution in [1.29, 1.82) is 0 Å². The highest BCUT2D eigenvalue weighted by molar-refractivity contribution is 5.97. The number of amides is 1. The maximum absolute atomic E-state index is 13.1. The van der Waals surface area contributed by atoms with Crippen molar-refractivity contribution in [2.75, 3.05) is 31.1 Å². The van der Waals surface area contributed by atoms with E-state index in [9.17, 15) is 4.79 Å². The van der Waals surface area contributed by atoms with E-state index in [4.69, 9.17) is 4.74 Å². The first kappa shape index (κ1) is 16.2. The predicted octanol–water partition coefficient (Wildman–Crippen LogP) is 1.68. The Balaban J connectivity index is 1.49. The second kappa shape index (κ2) is 6.93. The summed E-state index contributed by atoms with van der Waals surface area (Å²) < 4.78 is 5.83. The molecule has 0 unspecified atom stereocenters. The molecule has 7 nitrogen and oxygen atoms in total. The monoisotopic (exact) mass is 341 g/mol. The number of H-pyrrole nitrogens is 1. The highest BCUT2D eigenvalue weighted by Gasteiger charge is 2.37. The average Bonchev–Trinajstić information content (AvgIpc) is 3.09. The summed E-state index contributed by atoms with van der Waals surface area (Å²) in [6.45, 7) is 4.66. The molecule has 2 fully saturated rings. The van der Waals surface area contributed by atoms with Gasteiger partial charge in [-0.3, -0.25) is 14.8 Å². The van der Waals surface area contributed by atoms with Crippen LogP contribution in [0.15, 0.2) is 30.3 Å². The number of aromatic nitrogens is 3. The van der Waals surface area contributed by atoms with Gasteiger partial charge < -0.3 is 9.64 Å². The SMILES string of the molecule is Cc1nc([C@@H]2CN([C@H]3CCCN(c4ccccc4)C3=O)CCO2)n[nH]1. The number of anilines is 1. The zero-order valence-electron chi connectivity index (χ0n) is 14.4. The molecule has 2 aliphatic heterocycles. The topological polar surface area (TPSA) is 74.3 Å². The van der Waals surface area contributed by atoms with Crippen LogP contribution in [-0.2, 0) is 9.53 Å².